The first-order chi connectivity index (χ1) is 16.4. The van der Waals surface area contributed by atoms with Gasteiger partial charge >= 0.3 is 0 Å². The van der Waals surface area contributed by atoms with Crippen LogP contribution in [0.1, 0.15) is 12.6 Å². The van der Waals surface area contributed by atoms with Crippen LogP contribution in [0.2, 0.25) is 0 Å². The van der Waals surface area contributed by atoms with Gasteiger partial charge in [-0.3, -0.25) is 9.48 Å². The number of hydrogen-bond acceptors (Lipinski definition) is 9. The molecule has 0 saturated carbocycles. The molecule has 13 nitrogen and oxygen atoms in total. The Kier molecular flexibility index (Phi) is 5.73. The Morgan fingerprint density at radius 1 is 1.26 bits per heavy atom. The Balaban J connectivity index is 1.36. The number of rotatable bonds is 7. The van der Waals surface area contributed by atoms with Crippen molar-refractivity contribution >= 4 is 22.8 Å². The van der Waals surface area contributed by atoms with Crippen molar-refractivity contribution in [1.29, 1.82) is 0 Å². The summed E-state index contributed by atoms with van der Waals surface area (Å²) >= 11 is 0. The lowest BCUT2D eigenvalue weighted by molar-refractivity contribution is -0.137. The van der Waals surface area contributed by atoms with Gasteiger partial charge in [0, 0.05) is 50.5 Å². The molecule has 4 aromatic rings. The first-order valence-corrected chi connectivity index (χ1v) is 10.8. The predicted octanol–water partition coefficient (Wildman–Crippen LogP) is -0.564. The molecule has 0 radical (unpaired) electrons. The SMILES string of the molecule is Cn1ccc(-c2cn([C@@H]3O[C@H](C(=O)NCCCn4ccnc4)[C@@H](O)[C@H]3O)c3ncnc(N)c23)n1. The summed E-state index contributed by atoms with van der Waals surface area (Å²) < 4.78 is 10.9. The Hall–Kier alpha value is -3.81. The zero-order valence-electron chi connectivity index (χ0n) is 18.4. The molecule has 1 aliphatic heterocycles. The molecule has 0 aromatic carbocycles. The highest BCUT2D eigenvalue weighted by molar-refractivity contribution is 5.99. The van der Waals surface area contributed by atoms with Crippen LogP contribution in [-0.4, -0.2) is 74.8 Å². The molecule has 4 atom stereocenters. The van der Waals surface area contributed by atoms with Gasteiger partial charge in [0.2, 0.25) is 0 Å². The zero-order chi connectivity index (χ0) is 23.8. The number of imidazole rings is 1. The molecule has 13 heteroatoms. The van der Waals surface area contributed by atoms with E-state index in [1.807, 2.05) is 16.8 Å². The van der Waals surface area contributed by atoms with Crippen LogP contribution in [0, 0.1) is 0 Å². The number of aliphatic hydroxyl groups excluding tert-OH is 2. The van der Waals surface area contributed by atoms with Gasteiger partial charge in [0.05, 0.1) is 17.4 Å². The Bertz CT molecular complexity index is 1300. The second-order valence-electron chi connectivity index (χ2n) is 8.16. The average molecular weight is 467 g/mol. The number of nitrogens with one attached hydrogen (secondary N) is 1. The van der Waals surface area contributed by atoms with Crippen LogP contribution < -0.4 is 11.1 Å². The summed E-state index contributed by atoms with van der Waals surface area (Å²) in [5.41, 5.74) is 7.80. The van der Waals surface area contributed by atoms with Gasteiger partial charge in [0.15, 0.2) is 12.3 Å². The van der Waals surface area contributed by atoms with Gasteiger partial charge in [-0.2, -0.15) is 5.10 Å². The minimum Gasteiger partial charge on any atom is -0.387 e. The first kappa shape index (κ1) is 22.0. The quantitative estimate of drug-likeness (QED) is 0.260. The molecule has 1 amide bonds. The van der Waals surface area contributed by atoms with Gasteiger partial charge in [-0.1, -0.05) is 0 Å². The first-order valence-electron chi connectivity index (χ1n) is 10.8. The van der Waals surface area contributed by atoms with Crippen LogP contribution >= 0.6 is 0 Å². The highest BCUT2D eigenvalue weighted by atomic mass is 16.6. The van der Waals surface area contributed by atoms with Crippen LogP contribution in [0.4, 0.5) is 5.82 Å². The van der Waals surface area contributed by atoms with E-state index >= 15 is 0 Å². The van der Waals surface area contributed by atoms with Crippen molar-refractivity contribution in [3.63, 3.8) is 0 Å². The number of ether oxygens (including phenoxy) is 1. The molecule has 5 N–H and O–H groups in total. The van der Waals surface area contributed by atoms with Gasteiger partial charge in [-0.15, -0.1) is 0 Å². The molecule has 1 aliphatic rings. The predicted molar refractivity (Wildman–Crippen MR) is 120 cm³/mol. The van der Waals surface area contributed by atoms with E-state index in [1.165, 1.54) is 6.33 Å². The third-order valence-corrected chi connectivity index (χ3v) is 5.85. The number of nitrogens with two attached hydrogens (primary N) is 1. The highest BCUT2D eigenvalue weighted by Gasteiger charge is 2.47. The number of nitrogens with zero attached hydrogens (tertiary/aromatic N) is 7. The van der Waals surface area contributed by atoms with E-state index in [0.717, 1.165) is 0 Å². The standard InChI is InChI=1S/C21H25N9O4/c1-28-7-3-13(27-28)12-9-30(19-14(12)18(22)25-10-26-19)21-16(32)15(31)17(34-21)20(33)24-4-2-6-29-8-5-23-11-29/h3,5,7-11,15-17,21,31-32H,2,4,6H2,1H3,(H,24,33)(H2,22,25,26)/t15-,16+,17-,21+/m0/s1. The van der Waals surface area contributed by atoms with Crippen LogP contribution in [-0.2, 0) is 23.1 Å². The third kappa shape index (κ3) is 3.89. The maximum atomic E-state index is 12.7. The van der Waals surface area contributed by atoms with E-state index in [2.05, 4.69) is 25.4 Å². The summed E-state index contributed by atoms with van der Waals surface area (Å²) in [6, 6.07) is 1.81. The molecular formula is C21H25N9O4. The van der Waals surface area contributed by atoms with E-state index in [9.17, 15) is 15.0 Å². The number of amides is 1. The monoisotopic (exact) mass is 467 g/mol. The zero-order valence-corrected chi connectivity index (χ0v) is 18.4. The molecule has 5 rings (SSSR count). The number of hydrogen-bond donors (Lipinski definition) is 4. The van der Waals surface area contributed by atoms with Gasteiger partial charge in [0.25, 0.3) is 5.91 Å². The fourth-order valence-electron chi connectivity index (χ4n) is 4.15. The molecular weight excluding hydrogens is 442 g/mol. The van der Waals surface area contributed by atoms with Gasteiger partial charge in [-0.25, -0.2) is 15.0 Å². The van der Waals surface area contributed by atoms with Crippen molar-refractivity contribution in [2.45, 2.75) is 37.5 Å². The normalized spacial score (nSPS) is 22.4. The average Bonchev–Trinajstić information content (AvgIpc) is 3.60. The fraction of sp³-hybridized carbons (Fsp3) is 0.381. The lowest BCUT2D eigenvalue weighted by atomic mass is 10.1. The lowest BCUT2D eigenvalue weighted by Gasteiger charge is -2.17. The van der Waals surface area contributed by atoms with Gasteiger partial charge < -0.3 is 35.1 Å². The molecule has 5 heterocycles. The second-order valence-corrected chi connectivity index (χ2v) is 8.16. The van der Waals surface area contributed by atoms with Gasteiger partial charge in [0.1, 0.15) is 30.0 Å². The highest BCUT2D eigenvalue weighted by Crippen LogP contribution is 2.37. The fourth-order valence-corrected chi connectivity index (χ4v) is 4.15. The molecule has 1 fully saturated rings. The Morgan fingerprint density at radius 2 is 2.12 bits per heavy atom. The summed E-state index contributed by atoms with van der Waals surface area (Å²) in [5, 5.41) is 29.1. The number of carbonyl (C=O) groups is 1. The molecule has 0 aliphatic carbocycles. The van der Waals surface area contributed by atoms with E-state index in [-0.39, 0.29) is 5.82 Å². The molecule has 178 valence electrons. The number of aryl methyl sites for hydroxylation is 2. The number of carbonyl (C=O) groups excluding carboxylic acids is 1. The molecule has 0 spiro atoms. The molecule has 0 bridgehead atoms. The van der Waals surface area contributed by atoms with Crippen molar-refractivity contribution in [3.05, 3.63) is 43.5 Å². The maximum absolute atomic E-state index is 12.7. The summed E-state index contributed by atoms with van der Waals surface area (Å²) in [5.74, 6) is -0.264. The van der Waals surface area contributed by atoms with Crippen LogP contribution in [0.15, 0.2) is 43.5 Å². The summed E-state index contributed by atoms with van der Waals surface area (Å²) in [7, 11) is 1.79. The van der Waals surface area contributed by atoms with Crippen molar-refractivity contribution < 1.29 is 19.7 Å². The largest absolute Gasteiger partial charge is 0.387 e. The smallest absolute Gasteiger partial charge is 0.252 e. The summed E-state index contributed by atoms with van der Waals surface area (Å²) in [4.78, 5) is 25.1. The maximum Gasteiger partial charge on any atom is 0.252 e. The van der Waals surface area contributed by atoms with Gasteiger partial charge in [-0.05, 0) is 12.5 Å². The van der Waals surface area contributed by atoms with Crippen LogP contribution in [0.5, 0.6) is 0 Å². The van der Waals surface area contributed by atoms with Crippen molar-refractivity contribution in [2.75, 3.05) is 12.3 Å². The van der Waals surface area contributed by atoms with Crippen molar-refractivity contribution in [3.8, 4) is 11.3 Å². The number of aliphatic hydroxyl groups is 2. The summed E-state index contributed by atoms with van der Waals surface area (Å²) in [6.07, 6.45) is 5.56. The minimum atomic E-state index is -1.42. The van der Waals surface area contributed by atoms with E-state index in [4.69, 9.17) is 10.5 Å². The van der Waals surface area contributed by atoms with Crippen molar-refractivity contribution in [2.24, 2.45) is 7.05 Å². The lowest BCUT2D eigenvalue weighted by Crippen LogP contribution is -2.43. The number of aromatic nitrogens is 7. The van der Waals surface area contributed by atoms with E-state index < -0.39 is 30.4 Å². The number of nitrogen functional groups attached to an aromatic ring is 1. The van der Waals surface area contributed by atoms with E-state index in [1.54, 1.807) is 41.2 Å². The molecule has 4 aromatic heterocycles. The Labute approximate surface area is 193 Å². The van der Waals surface area contributed by atoms with Crippen molar-refractivity contribution in [1.82, 2.24) is 39.2 Å². The number of fused-ring (bicyclic) bond motifs is 1. The summed E-state index contributed by atoms with van der Waals surface area (Å²) in [6.45, 7) is 1.07. The van der Waals surface area contributed by atoms with E-state index in [0.29, 0.717) is 41.8 Å². The minimum absolute atomic E-state index is 0.240. The number of anilines is 1. The topological polar surface area (TPSA) is 171 Å². The molecule has 34 heavy (non-hydrogen) atoms. The van der Waals surface area contributed by atoms with Crippen LogP contribution in [0.3, 0.4) is 0 Å². The second kappa shape index (κ2) is 8.85. The van der Waals surface area contributed by atoms with Crippen LogP contribution in [0.25, 0.3) is 22.3 Å². The third-order valence-electron chi connectivity index (χ3n) is 5.85. The molecule has 0 unspecified atom stereocenters. The Morgan fingerprint density at radius 3 is 2.85 bits per heavy atom. The molecule has 1 saturated heterocycles.